The molecule has 0 spiro atoms. The molecule has 1 amide bonds. The van der Waals surface area contributed by atoms with E-state index >= 15 is 0 Å². The topological polar surface area (TPSA) is 28.5 Å². The van der Waals surface area contributed by atoms with Gasteiger partial charge in [-0.15, -0.1) is 0 Å². The number of carbonyl (C=O) groups is 1. The average molecular weight is 462 g/mol. The summed E-state index contributed by atoms with van der Waals surface area (Å²) in [5.41, 5.74) is 3.90. The summed E-state index contributed by atoms with van der Waals surface area (Å²) in [6.45, 7) is 3.16. The molecule has 1 aliphatic rings. The van der Waals surface area contributed by atoms with Gasteiger partial charge in [0.25, 0.3) is 0 Å². The van der Waals surface area contributed by atoms with Crippen LogP contribution in [0.1, 0.15) is 11.1 Å². The molecule has 2 heterocycles. The Labute approximate surface area is 197 Å². The Morgan fingerprint density at radius 3 is 2.33 bits per heavy atom. The Morgan fingerprint density at radius 1 is 0.879 bits per heavy atom. The van der Waals surface area contributed by atoms with E-state index in [2.05, 4.69) is 22.9 Å². The molecule has 1 aromatic heterocycles. The number of hydrogen-bond donors (Lipinski definition) is 0. The largest absolute Gasteiger partial charge is 0.366 e. The molecule has 1 fully saturated rings. The number of aromatic nitrogens is 1. The molecule has 0 atom stereocenters. The van der Waals surface area contributed by atoms with Crippen molar-refractivity contribution < 1.29 is 9.18 Å². The Hall–Kier alpha value is -3.31. The van der Waals surface area contributed by atoms with Crippen LogP contribution in [0, 0.1) is 5.82 Å². The first kappa shape index (κ1) is 21.5. The molecule has 1 aliphatic heterocycles. The molecule has 0 bridgehead atoms. The average Bonchev–Trinajstić information content (AvgIpc) is 3.18. The SMILES string of the molecule is O=C(Cc1cn(Cc2ccc(Cl)cc2)c2ccccc12)N1CCN(c2ccccc2F)CC1. The summed E-state index contributed by atoms with van der Waals surface area (Å²) in [5, 5.41) is 1.82. The Balaban J connectivity index is 1.30. The van der Waals surface area contributed by atoms with Crippen LogP contribution >= 0.6 is 11.6 Å². The molecule has 0 N–H and O–H groups in total. The Bertz CT molecular complexity index is 1280. The van der Waals surface area contributed by atoms with Crippen LogP contribution in [-0.4, -0.2) is 41.6 Å². The highest BCUT2D eigenvalue weighted by atomic mass is 35.5. The molecule has 4 nitrogen and oxygen atoms in total. The van der Waals surface area contributed by atoms with Gasteiger partial charge in [-0.3, -0.25) is 4.79 Å². The normalized spacial score (nSPS) is 14.1. The first-order valence-electron chi connectivity index (χ1n) is 11.2. The predicted octanol–water partition coefficient (Wildman–Crippen LogP) is 5.37. The van der Waals surface area contributed by atoms with E-state index in [0.717, 1.165) is 27.1 Å². The maximum absolute atomic E-state index is 14.1. The molecule has 168 valence electrons. The summed E-state index contributed by atoms with van der Waals surface area (Å²) in [4.78, 5) is 17.0. The number of amides is 1. The van der Waals surface area contributed by atoms with Gasteiger partial charge in [0.2, 0.25) is 5.91 Å². The van der Waals surface area contributed by atoms with Crippen LogP contribution in [0.15, 0.2) is 79.0 Å². The van der Waals surface area contributed by atoms with E-state index in [0.29, 0.717) is 44.8 Å². The number of nitrogens with zero attached hydrogens (tertiary/aromatic N) is 3. The van der Waals surface area contributed by atoms with Crippen LogP contribution in [0.2, 0.25) is 5.02 Å². The minimum absolute atomic E-state index is 0.109. The molecular weight excluding hydrogens is 437 g/mol. The molecule has 0 saturated carbocycles. The second-order valence-electron chi connectivity index (χ2n) is 8.42. The predicted molar refractivity (Wildman–Crippen MR) is 131 cm³/mol. The van der Waals surface area contributed by atoms with Crippen molar-refractivity contribution in [3.63, 3.8) is 0 Å². The first-order chi connectivity index (χ1) is 16.1. The van der Waals surface area contributed by atoms with Crippen LogP contribution in [0.5, 0.6) is 0 Å². The number of hydrogen-bond acceptors (Lipinski definition) is 2. The Morgan fingerprint density at radius 2 is 1.58 bits per heavy atom. The number of piperazine rings is 1. The molecule has 0 unspecified atom stereocenters. The highest BCUT2D eigenvalue weighted by Crippen LogP contribution is 2.25. The molecule has 3 aromatic carbocycles. The van der Waals surface area contributed by atoms with E-state index in [4.69, 9.17) is 11.6 Å². The van der Waals surface area contributed by atoms with Crippen LogP contribution < -0.4 is 4.90 Å². The van der Waals surface area contributed by atoms with E-state index in [1.54, 1.807) is 12.1 Å². The standard InChI is InChI=1S/C27H25ClFN3O/c28-22-11-9-20(10-12-22)18-32-19-21(23-5-1-3-7-25(23)32)17-27(33)31-15-13-30(14-16-31)26-8-4-2-6-24(26)29/h1-12,19H,13-18H2. The number of carbonyl (C=O) groups excluding carboxylic acids is 1. The van der Waals surface area contributed by atoms with E-state index in [1.165, 1.54) is 6.07 Å². The Kier molecular flexibility index (Phi) is 6.05. The molecule has 33 heavy (non-hydrogen) atoms. The van der Waals surface area contributed by atoms with Crippen LogP contribution in [0.4, 0.5) is 10.1 Å². The number of halogens is 2. The summed E-state index contributed by atoms with van der Waals surface area (Å²) in [7, 11) is 0. The third-order valence-electron chi connectivity index (χ3n) is 6.30. The summed E-state index contributed by atoms with van der Waals surface area (Å²) in [5.74, 6) is -0.108. The van der Waals surface area contributed by atoms with Gasteiger partial charge < -0.3 is 14.4 Å². The fourth-order valence-corrected chi connectivity index (χ4v) is 4.69. The summed E-state index contributed by atoms with van der Waals surface area (Å²) in [6.07, 6.45) is 2.45. The monoisotopic (exact) mass is 461 g/mol. The van der Waals surface area contributed by atoms with E-state index < -0.39 is 0 Å². The zero-order chi connectivity index (χ0) is 22.8. The van der Waals surface area contributed by atoms with Crippen LogP contribution in [0.25, 0.3) is 10.9 Å². The number of para-hydroxylation sites is 2. The maximum atomic E-state index is 14.1. The van der Waals surface area contributed by atoms with Crippen molar-refractivity contribution in [2.45, 2.75) is 13.0 Å². The fourth-order valence-electron chi connectivity index (χ4n) is 4.56. The minimum Gasteiger partial charge on any atom is -0.366 e. The third kappa shape index (κ3) is 4.60. The smallest absolute Gasteiger partial charge is 0.227 e. The van der Waals surface area contributed by atoms with Crippen molar-refractivity contribution in [2.24, 2.45) is 0 Å². The van der Waals surface area contributed by atoms with Gasteiger partial charge in [-0.25, -0.2) is 4.39 Å². The molecule has 5 rings (SSSR count). The van der Waals surface area contributed by atoms with Gasteiger partial charge in [-0.1, -0.05) is 54.1 Å². The van der Waals surface area contributed by atoms with Crippen molar-refractivity contribution >= 4 is 34.1 Å². The van der Waals surface area contributed by atoms with Gasteiger partial charge in [0.1, 0.15) is 5.82 Å². The van der Waals surface area contributed by atoms with Crippen molar-refractivity contribution in [3.8, 4) is 0 Å². The lowest BCUT2D eigenvalue weighted by Crippen LogP contribution is -2.49. The molecule has 0 aliphatic carbocycles. The highest BCUT2D eigenvalue weighted by molar-refractivity contribution is 6.30. The van der Waals surface area contributed by atoms with Crippen LogP contribution in [0.3, 0.4) is 0 Å². The van der Waals surface area contributed by atoms with Crippen molar-refractivity contribution in [1.82, 2.24) is 9.47 Å². The molecule has 1 saturated heterocycles. The third-order valence-corrected chi connectivity index (χ3v) is 6.56. The second kappa shape index (κ2) is 9.28. The second-order valence-corrected chi connectivity index (χ2v) is 8.86. The van der Waals surface area contributed by atoms with Gasteiger partial charge >= 0.3 is 0 Å². The zero-order valence-corrected chi connectivity index (χ0v) is 19.0. The van der Waals surface area contributed by atoms with E-state index in [1.807, 2.05) is 52.3 Å². The van der Waals surface area contributed by atoms with E-state index in [-0.39, 0.29) is 11.7 Å². The minimum atomic E-state index is -0.217. The zero-order valence-electron chi connectivity index (χ0n) is 18.3. The fraction of sp³-hybridized carbons (Fsp3) is 0.222. The summed E-state index contributed by atoms with van der Waals surface area (Å²) < 4.78 is 16.3. The number of anilines is 1. The van der Waals surface area contributed by atoms with Crippen molar-refractivity contribution in [1.29, 1.82) is 0 Å². The lowest BCUT2D eigenvalue weighted by molar-refractivity contribution is -0.130. The van der Waals surface area contributed by atoms with Gasteiger partial charge in [-0.2, -0.15) is 0 Å². The molecule has 0 radical (unpaired) electrons. The quantitative estimate of drug-likeness (QED) is 0.399. The van der Waals surface area contributed by atoms with Crippen LogP contribution in [-0.2, 0) is 17.8 Å². The lowest BCUT2D eigenvalue weighted by Gasteiger charge is -2.36. The summed E-state index contributed by atoms with van der Waals surface area (Å²) >= 11 is 6.03. The van der Waals surface area contributed by atoms with Crippen molar-refractivity contribution in [3.05, 3.63) is 101 Å². The van der Waals surface area contributed by atoms with Crippen molar-refractivity contribution in [2.75, 3.05) is 31.1 Å². The number of benzene rings is 3. The molecular formula is C27H25ClFN3O. The van der Waals surface area contributed by atoms with Gasteiger partial charge in [0.15, 0.2) is 0 Å². The molecule has 6 heteroatoms. The lowest BCUT2D eigenvalue weighted by atomic mass is 10.1. The molecule has 4 aromatic rings. The van der Waals surface area contributed by atoms with Gasteiger partial charge in [0, 0.05) is 54.8 Å². The highest BCUT2D eigenvalue weighted by Gasteiger charge is 2.23. The van der Waals surface area contributed by atoms with E-state index in [9.17, 15) is 9.18 Å². The van der Waals surface area contributed by atoms with Gasteiger partial charge in [-0.05, 0) is 41.5 Å². The maximum Gasteiger partial charge on any atom is 0.227 e. The number of fused-ring (bicyclic) bond motifs is 1. The number of rotatable bonds is 5. The van der Waals surface area contributed by atoms with Gasteiger partial charge in [0.05, 0.1) is 12.1 Å². The summed E-state index contributed by atoms with van der Waals surface area (Å²) in [6, 6.07) is 22.9. The first-order valence-corrected chi connectivity index (χ1v) is 11.5.